The van der Waals surface area contributed by atoms with Gasteiger partial charge < -0.3 is 5.11 Å². The predicted molar refractivity (Wildman–Crippen MR) is 39.1 cm³/mol. The lowest BCUT2D eigenvalue weighted by Gasteiger charge is -2.13. The van der Waals surface area contributed by atoms with E-state index in [0.717, 1.165) is 0 Å². The second-order valence-corrected chi connectivity index (χ2v) is 3.02. The topological polar surface area (TPSA) is 20.2 Å². The van der Waals surface area contributed by atoms with Gasteiger partial charge in [0.2, 0.25) is 0 Å². The van der Waals surface area contributed by atoms with Crippen molar-refractivity contribution in [3.05, 3.63) is 0 Å². The van der Waals surface area contributed by atoms with Gasteiger partial charge in [-0.15, -0.1) is 0 Å². The molecule has 0 fully saturated rings. The molecule has 0 saturated heterocycles. The molecule has 0 aliphatic carbocycles. The third-order valence-corrected chi connectivity index (χ3v) is 1.25. The summed E-state index contributed by atoms with van der Waals surface area (Å²) in [6.07, 6.45) is 0. The SMILES string of the molecule is CCO.FC(F)(Cl)C(F)(Cl)Cl. The smallest absolute Gasteiger partial charge is 0.383 e. The minimum Gasteiger partial charge on any atom is -0.397 e. The zero-order valence-electron chi connectivity index (χ0n) is 5.42. The molecule has 0 rings (SSSR count). The fourth-order valence-corrected chi connectivity index (χ4v) is 0. The summed E-state index contributed by atoms with van der Waals surface area (Å²) < 4.78 is 30.6. The Morgan fingerprint density at radius 1 is 1.18 bits per heavy atom. The standard InChI is InChI=1S/C2Cl3F3.C2H6O/c3-1(4,6)2(5,7)8;1-2-3/h;3H,2H2,1H3. The van der Waals surface area contributed by atoms with Crippen LogP contribution in [0.3, 0.4) is 0 Å². The summed E-state index contributed by atoms with van der Waals surface area (Å²) >= 11 is 12.5. The van der Waals surface area contributed by atoms with Crippen LogP contribution in [-0.4, -0.2) is 21.7 Å². The molecular formula is C4H6Cl3F3O. The van der Waals surface area contributed by atoms with Gasteiger partial charge in [-0.1, -0.05) is 23.2 Å². The van der Waals surface area contributed by atoms with Crippen molar-refractivity contribution < 1.29 is 18.3 Å². The maximum Gasteiger partial charge on any atom is 0.383 e. The largest absolute Gasteiger partial charge is 0.397 e. The lowest BCUT2D eigenvalue weighted by molar-refractivity contribution is 0.0241. The van der Waals surface area contributed by atoms with E-state index < -0.39 is 9.97 Å². The van der Waals surface area contributed by atoms with Crippen LogP contribution in [0.4, 0.5) is 13.2 Å². The fourth-order valence-electron chi connectivity index (χ4n) is 0. The summed E-state index contributed by atoms with van der Waals surface area (Å²) in [5.74, 6) is 0. The first-order chi connectivity index (χ1) is 4.66. The second kappa shape index (κ2) is 5.30. The van der Waals surface area contributed by atoms with E-state index in [1.165, 1.54) is 0 Å². The Hall–Kier alpha value is 0.620. The van der Waals surface area contributed by atoms with Crippen LogP contribution in [-0.2, 0) is 0 Å². The molecule has 1 N–H and O–H groups in total. The lowest BCUT2D eigenvalue weighted by atomic mass is 10.8. The summed E-state index contributed by atoms with van der Waals surface area (Å²) in [5, 5.41) is 3.34. The van der Waals surface area contributed by atoms with E-state index in [1.807, 2.05) is 0 Å². The van der Waals surface area contributed by atoms with E-state index in [4.69, 9.17) is 5.11 Å². The zero-order valence-corrected chi connectivity index (χ0v) is 7.69. The van der Waals surface area contributed by atoms with Crippen molar-refractivity contribution in [3.8, 4) is 0 Å². The lowest BCUT2D eigenvalue weighted by Crippen LogP contribution is -2.27. The highest BCUT2D eigenvalue weighted by Gasteiger charge is 2.51. The van der Waals surface area contributed by atoms with Crippen molar-refractivity contribution in [3.63, 3.8) is 0 Å². The van der Waals surface area contributed by atoms with Gasteiger partial charge in [0.1, 0.15) is 0 Å². The Balaban J connectivity index is 0. The number of halogens is 6. The van der Waals surface area contributed by atoms with E-state index in [9.17, 15) is 13.2 Å². The molecule has 7 heteroatoms. The first-order valence-corrected chi connectivity index (χ1v) is 3.54. The molecule has 0 aromatic heterocycles. The molecule has 0 atom stereocenters. The highest BCUT2D eigenvalue weighted by Crippen LogP contribution is 2.42. The van der Waals surface area contributed by atoms with Crippen LogP contribution >= 0.6 is 34.8 Å². The van der Waals surface area contributed by atoms with E-state index in [-0.39, 0.29) is 6.61 Å². The van der Waals surface area contributed by atoms with E-state index in [2.05, 4.69) is 34.8 Å². The number of hydrogen-bond acceptors (Lipinski definition) is 1. The number of aliphatic hydroxyl groups excluding tert-OH is 1. The van der Waals surface area contributed by atoms with Gasteiger partial charge in [-0.25, -0.2) is 0 Å². The summed E-state index contributed by atoms with van der Waals surface area (Å²) in [6, 6.07) is 0. The summed E-state index contributed by atoms with van der Waals surface area (Å²) in [5.41, 5.74) is 0. The van der Waals surface area contributed by atoms with Gasteiger partial charge in [0.15, 0.2) is 0 Å². The molecular weight excluding hydrogens is 227 g/mol. The predicted octanol–water partition coefficient (Wildman–Crippen LogP) is 2.92. The molecule has 11 heavy (non-hydrogen) atoms. The quantitative estimate of drug-likeness (QED) is 0.691. The van der Waals surface area contributed by atoms with Crippen LogP contribution in [0, 0.1) is 0 Å². The van der Waals surface area contributed by atoms with Crippen LogP contribution in [0.1, 0.15) is 6.92 Å². The Morgan fingerprint density at radius 3 is 1.27 bits per heavy atom. The molecule has 0 saturated carbocycles. The fraction of sp³-hybridized carbons (Fsp3) is 1.00. The Bertz CT molecular complexity index is 85.7. The monoisotopic (exact) mass is 232 g/mol. The average molecular weight is 233 g/mol. The highest BCUT2D eigenvalue weighted by molar-refractivity contribution is 6.51. The van der Waals surface area contributed by atoms with Crippen LogP contribution in [0.2, 0.25) is 0 Å². The number of alkyl halides is 6. The van der Waals surface area contributed by atoms with Gasteiger partial charge >= 0.3 is 9.97 Å². The van der Waals surface area contributed by atoms with E-state index >= 15 is 0 Å². The Labute approximate surface area is 77.0 Å². The molecule has 0 amide bonds. The highest BCUT2D eigenvalue weighted by atomic mass is 35.5. The number of aliphatic hydroxyl groups is 1. The van der Waals surface area contributed by atoms with Crippen LogP contribution in [0.25, 0.3) is 0 Å². The van der Waals surface area contributed by atoms with E-state index in [1.54, 1.807) is 6.92 Å². The molecule has 0 radical (unpaired) electrons. The van der Waals surface area contributed by atoms with Gasteiger partial charge in [0.25, 0.3) is 0 Å². The molecule has 0 aliphatic heterocycles. The van der Waals surface area contributed by atoms with Crippen LogP contribution in [0.15, 0.2) is 0 Å². The molecule has 0 spiro atoms. The zero-order chi connectivity index (χ0) is 9.71. The van der Waals surface area contributed by atoms with E-state index in [0.29, 0.717) is 0 Å². The van der Waals surface area contributed by atoms with Gasteiger partial charge in [0, 0.05) is 6.61 Å². The molecule has 0 heterocycles. The summed E-state index contributed by atoms with van der Waals surface area (Å²) in [4.78, 5) is 0. The minimum absolute atomic E-state index is 0.250. The van der Waals surface area contributed by atoms with Crippen molar-refractivity contribution in [2.45, 2.75) is 16.9 Å². The maximum atomic E-state index is 11.5. The minimum atomic E-state index is -4.23. The molecule has 0 aromatic rings. The third kappa shape index (κ3) is 8.53. The van der Waals surface area contributed by atoms with Crippen molar-refractivity contribution in [1.82, 2.24) is 0 Å². The van der Waals surface area contributed by atoms with Crippen LogP contribution in [0.5, 0.6) is 0 Å². The summed E-state index contributed by atoms with van der Waals surface area (Å²) in [6.45, 7) is 1.93. The molecule has 1 nitrogen and oxygen atoms in total. The average Bonchev–Trinajstić information content (AvgIpc) is 1.60. The Morgan fingerprint density at radius 2 is 1.27 bits per heavy atom. The van der Waals surface area contributed by atoms with Crippen LogP contribution < -0.4 is 0 Å². The van der Waals surface area contributed by atoms with Crippen molar-refractivity contribution >= 4 is 34.8 Å². The molecule has 0 bridgehead atoms. The summed E-state index contributed by atoms with van der Waals surface area (Å²) in [7, 11) is 0. The maximum absolute atomic E-state index is 11.5. The molecule has 0 unspecified atom stereocenters. The Kier molecular flexibility index (Phi) is 6.82. The normalized spacial score (nSPS) is 12.0. The van der Waals surface area contributed by atoms with Gasteiger partial charge in [-0.05, 0) is 18.5 Å². The molecule has 70 valence electrons. The van der Waals surface area contributed by atoms with Crippen molar-refractivity contribution in [1.29, 1.82) is 0 Å². The second-order valence-electron chi connectivity index (χ2n) is 1.31. The first-order valence-electron chi connectivity index (χ1n) is 2.41. The van der Waals surface area contributed by atoms with Gasteiger partial charge in [0.05, 0.1) is 0 Å². The van der Waals surface area contributed by atoms with Crippen molar-refractivity contribution in [2.75, 3.05) is 6.61 Å². The number of hydrogen-bond donors (Lipinski definition) is 1. The molecule has 0 aliphatic rings. The molecule has 0 aromatic carbocycles. The third-order valence-electron chi connectivity index (χ3n) is 0.321. The van der Waals surface area contributed by atoms with Gasteiger partial charge in [-0.2, -0.15) is 13.2 Å². The number of rotatable bonds is 1. The van der Waals surface area contributed by atoms with Crippen molar-refractivity contribution in [2.24, 2.45) is 0 Å². The first kappa shape index (κ1) is 14.2. The van der Waals surface area contributed by atoms with Gasteiger partial charge in [-0.3, -0.25) is 0 Å².